The molecule has 5 N–H and O–H groups in total. The molecule has 2 amide bonds. The summed E-state index contributed by atoms with van der Waals surface area (Å²) in [6.07, 6.45) is 0. The Bertz CT molecular complexity index is 871. The number of thioether (sulfide) groups is 1. The molecule has 10 nitrogen and oxygen atoms in total. The first-order valence-electron chi connectivity index (χ1n) is 8.38. The number of amides is 2. The van der Waals surface area contributed by atoms with Crippen LogP contribution < -0.4 is 11.1 Å². The van der Waals surface area contributed by atoms with E-state index in [9.17, 15) is 14.7 Å². The van der Waals surface area contributed by atoms with Crippen molar-refractivity contribution >= 4 is 23.6 Å². The molecule has 3 heterocycles. The number of aromatic hydroxyl groups is 1. The highest BCUT2D eigenvalue weighted by molar-refractivity contribution is 8.01. The van der Waals surface area contributed by atoms with Gasteiger partial charge in [-0.15, -0.1) is 22.0 Å². The standard InChI is InChI=1S/C16H19N7O3S/c1-16(2)11(12-19-21-22-20-12)23-14(26)10(15(23)27-16)18-13(25)9(17)7-3-5-8(24)6-4-7/h3-6,9-11,15,24H,17H2,1-2H3,(H,18,25)(H,19,20,21,22)/t9?,10-,11+,15-/m1/s1. The van der Waals surface area contributed by atoms with E-state index in [4.69, 9.17) is 5.73 Å². The van der Waals surface area contributed by atoms with Crippen LogP contribution in [0.5, 0.6) is 5.75 Å². The fraction of sp³-hybridized carbons (Fsp3) is 0.438. The van der Waals surface area contributed by atoms with Crippen LogP contribution >= 0.6 is 11.8 Å². The monoisotopic (exact) mass is 389 g/mol. The number of hydrogen-bond acceptors (Lipinski definition) is 8. The summed E-state index contributed by atoms with van der Waals surface area (Å²) in [6.45, 7) is 4.01. The van der Waals surface area contributed by atoms with Crippen LogP contribution in [0.3, 0.4) is 0 Å². The lowest BCUT2D eigenvalue weighted by atomic mass is 9.95. The Hall–Kier alpha value is -2.66. The zero-order chi connectivity index (χ0) is 19.3. The normalized spacial score (nSPS) is 27.0. The third-order valence-corrected chi connectivity index (χ3v) is 6.45. The molecule has 11 heteroatoms. The third-order valence-electron chi connectivity index (χ3n) is 4.88. The van der Waals surface area contributed by atoms with Gasteiger partial charge in [-0.2, -0.15) is 5.21 Å². The van der Waals surface area contributed by atoms with Gasteiger partial charge < -0.3 is 21.1 Å². The Morgan fingerprint density at radius 3 is 2.74 bits per heavy atom. The number of benzene rings is 1. The predicted octanol–water partition coefficient (Wildman–Crippen LogP) is -0.175. The number of phenols is 1. The van der Waals surface area contributed by atoms with Crippen LogP contribution in [-0.2, 0) is 9.59 Å². The molecule has 1 aromatic heterocycles. The number of nitrogens with two attached hydrogens (primary N) is 1. The van der Waals surface area contributed by atoms with E-state index in [-0.39, 0.29) is 27.8 Å². The van der Waals surface area contributed by atoms with E-state index in [1.807, 2.05) is 13.8 Å². The maximum atomic E-state index is 12.7. The van der Waals surface area contributed by atoms with Crippen molar-refractivity contribution in [3.05, 3.63) is 35.7 Å². The SMILES string of the molecule is CC1(C)S[C@@H]2[C@H](NC(=O)C(N)c3ccc(O)cc3)C(=O)N2[C@H]1c1nn[nH]n1. The Labute approximate surface area is 158 Å². The van der Waals surface area contributed by atoms with Gasteiger partial charge >= 0.3 is 0 Å². The van der Waals surface area contributed by atoms with Crippen molar-refractivity contribution < 1.29 is 14.7 Å². The zero-order valence-electron chi connectivity index (χ0n) is 14.7. The number of rotatable bonds is 4. The molecular weight excluding hydrogens is 370 g/mol. The third kappa shape index (κ3) is 2.82. The van der Waals surface area contributed by atoms with Gasteiger partial charge in [-0.1, -0.05) is 17.3 Å². The number of H-pyrrole nitrogens is 1. The molecule has 4 rings (SSSR count). The van der Waals surface area contributed by atoms with Gasteiger partial charge in [-0.3, -0.25) is 9.59 Å². The topological polar surface area (TPSA) is 150 Å². The molecule has 27 heavy (non-hydrogen) atoms. The Kier molecular flexibility index (Phi) is 4.07. The van der Waals surface area contributed by atoms with E-state index in [0.717, 1.165) is 0 Å². The number of aromatic nitrogens is 4. The molecule has 2 aromatic rings. The van der Waals surface area contributed by atoms with E-state index in [1.165, 1.54) is 12.1 Å². The van der Waals surface area contributed by atoms with Gasteiger partial charge in [0.05, 0.1) is 0 Å². The van der Waals surface area contributed by atoms with Crippen LogP contribution in [0, 0.1) is 0 Å². The van der Waals surface area contributed by atoms with Gasteiger partial charge in [0.15, 0.2) is 5.82 Å². The highest BCUT2D eigenvalue weighted by Crippen LogP contribution is 2.56. The Morgan fingerprint density at radius 2 is 2.11 bits per heavy atom. The van der Waals surface area contributed by atoms with Crippen LogP contribution in [0.4, 0.5) is 0 Å². The minimum absolute atomic E-state index is 0.0910. The van der Waals surface area contributed by atoms with Crippen LogP contribution in [0.15, 0.2) is 24.3 Å². The first kappa shape index (κ1) is 17.7. The molecule has 0 radical (unpaired) electrons. The van der Waals surface area contributed by atoms with E-state index in [1.54, 1.807) is 28.8 Å². The van der Waals surface area contributed by atoms with Crippen molar-refractivity contribution in [2.45, 2.75) is 42.1 Å². The first-order chi connectivity index (χ1) is 12.8. The smallest absolute Gasteiger partial charge is 0.249 e. The number of carbonyl (C=O) groups excluding carboxylic acids is 2. The number of carbonyl (C=O) groups is 2. The molecule has 1 unspecified atom stereocenters. The van der Waals surface area contributed by atoms with Crippen LogP contribution in [-0.4, -0.2) is 58.6 Å². The number of phenolic OH excluding ortho intramolecular Hbond substituents is 1. The summed E-state index contributed by atoms with van der Waals surface area (Å²) in [5.41, 5.74) is 6.55. The maximum absolute atomic E-state index is 12.7. The van der Waals surface area contributed by atoms with E-state index >= 15 is 0 Å². The van der Waals surface area contributed by atoms with Crippen molar-refractivity contribution in [1.82, 2.24) is 30.8 Å². The largest absolute Gasteiger partial charge is 0.508 e. The van der Waals surface area contributed by atoms with Gasteiger partial charge in [0.2, 0.25) is 11.8 Å². The van der Waals surface area contributed by atoms with Gasteiger partial charge in [-0.25, -0.2) is 0 Å². The molecule has 4 atom stereocenters. The Morgan fingerprint density at radius 1 is 1.41 bits per heavy atom. The van der Waals surface area contributed by atoms with E-state index < -0.39 is 18.0 Å². The fourth-order valence-electron chi connectivity index (χ4n) is 3.53. The van der Waals surface area contributed by atoms with Crippen LogP contribution in [0.1, 0.15) is 37.3 Å². The molecule has 2 aliphatic heterocycles. The van der Waals surface area contributed by atoms with Crippen molar-refractivity contribution in [1.29, 1.82) is 0 Å². The predicted molar refractivity (Wildman–Crippen MR) is 96.2 cm³/mol. The average molecular weight is 389 g/mol. The molecule has 2 fully saturated rings. The molecule has 0 bridgehead atoms. The molecule has 2 saturated heterocycles. The molecule has 0 aliphatic carbocycles. The van der Waals surface area contributed by atoms with E-state index in [2.05, 4.69) is 25.9 Å². The lowest BCUT2D eigenvalue weighted by Gasteiger charge is -2.44. The number of nitrogens with one attached hydrogen (secondary N) is 2. The summed E-state index contributed by atoms with van der Waals surface area (Å²) in [5.74, 6) is -0.0959. The molecule has 2 aliphatic rings. The number of nitrogens with zero attached hydrogens (tertiary/aromatic N) is 4. The summed E-state index contributed by atoms with van der Waals surface area (Å²) in [5, 5.41) is 25.9. The van der Waals surface area contributed by atoms with Crippen LogP contribution in [0.2, 0.25) is 0 Å². The summed E-state index contributed by atoms with van der Waals surface area (Å²) in [7, 11) is 0. The van der Waals surface area contributed by atoms with Crippen LogP contribution in [0.25, 0.3) is 0 Å². The number of β-lactam (4-membered cyclic amide) rings is 1. The lowest BCUT2D eigenvalue weighted by Crippen LogP contribution is -2.68. The van der Waals surface area contributed by atoms with Gasteiger partial charge in [-0.05, 0) is 31.5 Å². The van der Waals surface area contributed by atoms with Crippen molar-refractivity contribution in [3.63, 3.8) is 0 Å². The average Bonchev–Trinajstić information content (AvgIpc) is 3.23. The lowest BCUT2D eigenvalue weighted by molar-refractivity contribution is -0.152. The summed E-state index contributed by atoms with van der Waals surface area (Å²) in [6, 6.07) is 4.18. The number of tetrazole rings is 1. The second-order valence-corrected chi connectivity index (χ2v) is 8.86. The second kappa shape index (κ2) is 6.20. The van der Waals surface area contributed by atoms with Crippen molar-refractivity contribution in [3.8, 4) is 5.75 Å². The summed E-state index contributed by atoms with van der Waals surface area (Å²) in [4.78, 5) is 26.9. The maximum Gasteiger partial charge on any atom is 0.249 e. The van der Waals surface area contributed by atoms with Gasteiger partial charge in [0.1, 0.15) is 29.2 Å². The van der Waals surface area contributed by atoms with E-state index in [0.29, 0.717) is 11.4 Å². The molecule has 0 spiro atoms. The van der Waals surface area contributed by atoms with Crippen molar-refractivity contribution in [2.75, 3.05) is 0 Å². The highest BCUT2D eigenvalue weighted by atomic mass is 32.2. The highest BCUT2D eigenvalue weighted by Gasteiger charge is 2.63. The minimum atomic E-state index is -0.931. The fourth-order valence-corrected chi connectivity index (χ4v) is 5.16. The molecular formula is C16H19N7O3S. The van der Waals surface area contributed by atoms with Crippen molar-refractivity contribution in [2.24, 2.45) is 5.73 Å². The summed E-state index contributed by atoms with van der Waals surface area (Å²) >= 11 is 1.58. The first-order valence-corrected chi connectivity index (χ1v) is 9.26. The molecule has 1 aromatic carbocycles. The Balaban J connectivity index is 1.48. The van der Waals surface area contributed by atoms with Gasteiger partial charge in [0.25, 0.3) is 0 Å². The zero-order valence-corrected chi connectivity index (χ0v) is 15.5. The van der Waals surface area contributed by atoms with Gasteiger partial charge in [0, 0.05) is 4.75 Å². The molecule has 142 valence electrons. The number of aromatic amines is 1. The number of hydrogen-bond donors (Lipinski definition) is 4. The molecule has 0 saturated carbocycles. The second-order valence-electron chi connectivity index (χ2n) is 7.09. The minimum Gasteiger partial charge on any atom is -0.508 e. The number of fused-ring (bicyclic) bond motifs is 1. The quantitative estimate of drug-likeness (QED) is 0.526. The summed E-state index contributed by atoms with van der Waals surface area (Å²) < 4.78 is -0.331.